The summed E-state index contributed by atoms with van der Waals surface area (Å²) in [4.78, 5) is 5.12. The molecule has 0 radical (unpaired) electrons. The van der Waals surface area contributed by atoms with Crippen LogP contribution in [0.4, 0.5) is 0 Å². The van der Waals surface area contributed by atoms with Gasteiger partial charge in [0.25, 0.3) is 0 Å². The predicted molar refractivity (Wildman–Crippen MR) is 53.6 cm³/mol. The SMILES string of the molecule is CC(C)C.c1cn2ccsc2n1. The van der Waals surface area contributed by atoms with E-state index in [2.05, 4.69) is 25.8 Å². The molecule has 0 saturated carbocycles. The topological polar surface area (TPSA) is 17.3 Å². The third-order valence-corrected chi connectivity index (χ3v) is 1.81. The molecule has 0 saturated heterocycles. The summed E-state index contributed by atoms with van der Waals surface area (Å²) in [6.45, 7) is 6.50. The first-order valence-electron chi connectivity index (χ1n) is 4.06. The van der Waals surface area contributed by atoms with Crippen LogP contribution in [-0.2, 0) is 0 Å². The molecule has 0 N–H and O–H groups in total. The fourth-order valence-corrected chi connectivity index (χ4v) is 1.34. The first-order valence-corrected chi connectivity index (χ1v) is 4.94. The van der Waals surface area contributed by atoms with Crippen LogP contribution in [0.15, 0.2) is 24.0 Å². The highest BCUT2D eigenvalue weighted by atomic mass is 32.1. The van der Waals surface area contributed by atoms with Crippen LogP contribution in [0.5, 0.6) is 0 Å². The molecule has 0 atom stereocenters. The summed E-state index contributed by atoms with van der Waals surface area (Å²) in [6.07, 6.45) is 5.73. The molecule has 0 bridgehead atoms. The zero-order chi connectivity index (χ0) is 8.97. The molecule has 12 heavy (non-hydrogen) atoms. The van der Waals surface area contributed by atoms with Crippen molar-refractivity contribution < 1.29 is 0 Å². The van der Waals surface area contributed by atoms with Crippen LogP contribution in [0.25, 0.3) is 4.96 Å². The lowest BCUT2D eigenvalue weighted by Crippen LogP contribution is -1.66. The van der Waals surface area contributed by atoms with Gasteiger partial charge in [-0.15, -0.1) is 11.3 Å². The number of rotatable bonds is 0. The van der Waals surface area contributed by atoms with Crippen molar-refractivity contribution in [3.63, 3.8) is 0 Å². The molecule has 2 heterocycles. The summed E-state index contributed by atoms with van der Waals surface area (Å²) in [5.74, 6) is 0.833. The van der Waals surface area contributed by atoms with E-state index in [0.29, 0.717) is 0 Å². The lowest BCUT2D eigenvalue weighted by Gasteiger charge is -1.79. The van der Waals surface area contributed by atoms with E-state index in [9.17, 15) is 0 Å². The van der Waals surface area contributed by atoms with E-state index >= 15 is 0 Å². The fraction of sp³-hybridized carbons (Fsp3) is 0.444. The standard InChI is InChI=1S/C5H4N2S.C4H10/c1-2-7-3-4-8-5(7)6-1;1-4(2)3/h1-4H;4H,1-3H3. The lowest BCUT2D eigenvalue weighted by atomic mass is 10.3. The van der Waals surface area contributed by atoms with E-state index in [4.69, 9.17) is 0 Å². The number of fused-ring (bicyclic) bond motifs is 1. The van der Waals surface area contributed by atoms with E-state index in [0.717, 1.165) is 10.9 Å². The van der Waals surface area contributed by atoms with Crippen molar-refractivity contribution in [2.75, 3.05) is 0 Å². The third kappa shape index (κ3) is 2.66. The summed E-state index contributed by atoms with van der Waals surface area (Å²) >= 11 is 1.65. The molecule has 2 aromatic heterocycles. The van der Waals surface area contributed by atoms with Crippen LogP contribution >= 0.6 is 11.3 Å². The van der Waals surface area contributed by atoms with Crippen LogP contribution in [0.2, 0.25) is 0 Å². The van der Waals surface area contributed by atoms with Gasteiger partial charge in [-0.2, -0.15) is 0 Å². The second-order valence-corrected chi connectivity index (χ2v) is 4.13. The normalized spacial score (nSPS) is 10.0. The van der Waals surface area contributed by atoms with Crippen molar-refractivity contribution in [1.29, 1.82) is 0 Å². The van der Waals surface area contributed by atoms with Crippen LogP contribution in [-0.4, -0.2) is 9.38 Å². The van der Waals surface area contributed by atoms with Crippen LogP contribution in [0, 0.1) is 5.92 Å². The minimum Gasteiger partial charge on any atom is -0.298 e. The summed E-state index contributed by atoms with van der Waals surface area (Å²) < 4.78 is 1.99. The highest BCUT2D eigenvalue weighted by Crippen LogP contribution is 2.06. The Morgan fingerprint density at radius 3 is 2.58 bits per heavy atom. The maximum atomic E-state index is 4.06. The lowest BCUT2D eigenvalue weighted by molar-refractivity contribution is 0.737. The van der Waals surface area contributed by atoms with Gasteiger partial charge in [-0.3, -0.25) is 4.40 Å². The summed E-state index contributed by atoms with van der Waals surface area (Å²) in [5.41, 5.74) is 0. The summed E-state index contributed by atoms with van der Waals surface area (Å²) in [7, 11) is 0. The molecular weight excluding hydrogens is 168 g/mol. The second kappa shape index (κ2) is 4.26. The molecule has 0 aliphatic carbocycles. The minimum atomic E-state index is 0.833. The van der Waals surface area contributed by atoms with Crippen molar-refractivity contribution in [3.8, 4) is 0 Å². The monoisotopic (exact) mass is 182 g/mol. The molecule has 0 aromatic carbocycles. The largest absolute Gasteiger partial charge is 0.298 e. The molecule has 0 spiro atoms. The van der Waals surface area contributed by atoms with E-state index in [-0.39, 0.29) is 0 Å². The second-order valence-electron chi connectivity index (χ2n) is 3.25. The van der Waals surface area contributed by atoms with Crippen molar-refractivity contribution in [1.82, 2.24) is 9.38 Å². The number of nitrogens with zero attached hydrogens (tertiary/aromatic N) is 2. The molecular formula is C9H14N2S. The highest BCUT2D eigenvalue weighted by Gasteiger charge is 1.88. The average Bonchev–Trinajstić information content (AvgIpc) is 2.40. The maximum Gasteiger partial charge on any atom is 0.193 e. The van der Waals surface area contributed by atoms with Gasteiger partial charge >= 0.3 is 0 Å². The summed E-state index contributed by atoms with van der Waals surface area (Å²) in [6, 6.07) is 0. The van der Waals surface area contributed by atoms with Crippen LogP contribution < -0.4 is 0 Å². The maximum absolute atomic E-state index is 4.06. The Kier molecular flexibility index (Phi) is 3.29. The van der Waals surface area contributed by atoms with Gasteiger partial charge in [-0.1, -0.05) is 20.8 Å². The Balaban J connectivity index is 0.000000157. The molecule has 0 amide bonds. The molecule has 2 aromatic rings. The molecule has 2 nitrogen and oxygen atoms in total. The molecule has 3 heteroatoms. The molecule has 0 aliphatic rings. The van der Waals surface area contributed by atoms with Gasteiger partial charge in [0.1, 0.15) is 0 Å². The Hall–Kier alpha value is -0.830. The highest BCUT2D eigenvalue weighted by molar-refractivity contribution is 7.15. The fourth-order valence-electron chi connectivity index (χ4n) is 0.661. The Bertz CT molecular complexity index is 268. The molecule has 0 unspecified atom stereocenters. The Labute approximate surface area is 76.9 Å². The first kappa shape index (κ1) is 9.26. The van der Waals surface area contributed by atoms with E-state index in [1.807, 2.05) is 22.2 Å². The van der Waals surface area contributed by atoms with Gasteiger partial charge in [0, 0.05) is 24.0 Å². The number of thiazole rings is 1. The zero-order valence-corrected chi connectivity index (χ0v) is 8.51. The van der Waals surface area contributed by atoms with Crippen molar-refractivity contribution in [3.05, 3.63) is 24.0 Å². The van der Waals surface area contributed by atoms with Gasteiger partial charge < -0.3 is 0 Å². The smallest absolute Gasteiger partial charge is 0.193 e. The number of aromatic nitrogens is 2. The van der Waals surface area contributed by atoms with E-state index in [1.165, 1.54) is 0 Å². The third-order valence-electron chi connectivity index (χ3n) is 1.03. The van der Waals surface area contributed by atoms with E-state index < -0.39 is 0 Å². The molecule has 0 fully saturated rings. The number of imidazole rings is 1. The van der Waals surface area contributed by atoms with Crippen molar-refractivity contribution >= 4 is 16.3 Å². The van der Waals surface area contributed by atoms with Crippen molar-refractivity contribution in [2.45, 2.75) is 20.8 Å². The molecule has 66 valence electrons. The van der Waals surface area contributed by atoms with Crippen molar-refractivity contribution in [2.24, 2.45) is 5.92 Å². The Morgan fingerprint density at radius 1 is 1.33 bits per heavy atom. The summed E-state index contributed by atoms with van der Waals surface area (Å²) in [5, 5.41) is 2.02. The Morgan fingerprint density at radius 2 is 2.00 bits per heavy atom. The van der Waals surface area contributed by atoms with Gasteiger partial charge in [-0.05, 0) is 5.92 Å². The predicted octanol–water partition coefficient (Wildman–Crippen LogP) is 3.06. The van der Waals surface area contributed by atoms with Gasteiger partial charge in [0.05, 0.1) is 0 Å². The van der Waals surface area contributed by atoms with Gasteiger partial charge in [0.15, 0.2) is 4.96 Å². The van der Waals surface area contributed by atoms with Gasteiger partial charge in [0.2, 0.25) is 0 Å². The van der Waals surface area contributed by atoms with Gasteiger partial charge in [-0.25, -0.2) is 4.98 Å². The van der Waals surface area contributed by atoms with Crippen LogP contribution in [0.3, 0.4) is 0 Å². The minimum absolute atomic E-state index is 0.833. The first-order chi connectivity index (χ1) is 5.70. The quantitative estimate of drug-likeness (QED) is 0.612. The van der Waals surface area contributed by atoms with Crippen LogP contribution in [0.1, 0.15) is 20.8 Å². The number of hydrogen-bond acceptors (Lipinski definition) is 2. The zero-order valence-electron chi connectivity index (χ0n) is 7.69. The molecule has 2 rings (SSSR count). The average molecular weight is 182 g/mol. The van der Waals surface area contributed by atoms with E-state index in [1.54, 1.807) is 17.5 Å². The molecule has 0 aliphatic heterocycles. The number of hydrogen-bond donors (Lipinski definition) is 0.